The van der Waals surface area contributed by atoms with Crippen molar-refractivity contribution in [3.8, 4) is 0 Å². The Kier molecular flexibility index (Phi) is 10.6. The van der Waals surface area contributed by atoms with Gasteiger partial charge in [0.25, 0.3) is 0 Å². The zero-order valence-electron chi connectivity index (χ0n) is 14.9. The number of amides is 1. The monoisotopic (exact) mass is 333 g/mol. The Balaban J connectivity index is 2.06. The van der Waals surface area contributed by atoms with Crippen LogP contribution < -0.4 is 5.32 Å². The van der Waals surface area contributed by atoms with Crippen LogP contribution in [-0.4, -0.2) is 17.0 Å². The van der Waals surface area contributed by atoms with E-state index in [0.717, 1.165) is 12.8 Å². The molecule has 0 bridgehead atoms. The Hall–Kier alpha value is -1.84. The van der Waals surface area contributed by atoms with Gasteiger partial charge in [-0.25, -0.2) is 4.79 Å². The number of benzene rings is 1. The molecular formula is C20H31NO3. The lowest BCUT2D eigenvalue weighted by Gasteiger charge is -2.06. The summed E-state index contributed by atoms with van der Waals surface area (Å²) in [6, 6.07) is 6.35. The van der Waals surface area contributed by atoms with E-state index in [1.54, 1.807) is 12.1 Å². The first-order chi connectivity index (χ1) is 11.6. The highest BCUT2D eigenvalue weighted by molar-refractivity contribution is 5.93. The van der Waals surface area contributed by atoms with Crippen molar-refractivity contribution in [2.24, 2.45) is 0 Å². The summed E-state index contributed by atoms with van der Waals surface area (Å²) in [5.74, 6) is -1.03. The molecule has 0 unspecified atom stereocenters. The van der Waals surface area contributed by atoms with Crippen molar-refractivity contribution in [1.82, 2.24) is 0 Å². The third-order valence-corrected chi connectivity index (χ3v) is 4.15. The molecule has 1 rings (SSSR count). The lowest BCUT2D eigenvalue weighted by Crippen LogP contribution is -2.11. The number of hydrogen-bond donors (Lipinski definition) is 2. The minimum atomic E-state index is -0.985. The zero-order valence-corrected chi connectivity index (χ0v) is 14.9. The number of anilines is 1. The molecule has 1 aromatic rings. The first-order valence-electron chi connectivity index (χ1n) is 9.26. The van der Waals surface area contributed by atoms with Gasteiger partial charge in [-0.3, -0.25) is 4.79 Å². The number of rotatable bonds is 13. The summed E-state index contributed by atoms with van der Waals surface area (Å²) >= 11 is 0. The van der Waals surface area contributed by atoms with E-state index in [4.69, 9.17) is 5.11 Å². The molecule has 0 aliphatic heterocycles. The van der Waals surface area contributed by atoms with Gasteiger partial charge < -0.3 is 10.4 Å². The highest BCUT2D eigenvalue weighted by Crippen LogP contribution is 2.13. The van der Waals surface area contributed by atoms with E-state index in [1.165, 1.54) is 63.5 Å². The standard InChI is InChI=1S/C20H31NO3/c1-2-3-4-5-6-7-8-9-10-11-15-19(22)21-18-14-12-13-17(16-18)20(23)24/h12-14,16H,2-11,15H2,1H3,(H,21,22)(H,23,24). The molecule has 1 aromatic carbocycles. The Morgan fingerprint density at radius 3 is 2.08 bits per heavy atom. The lowest BCUT2D eigenvalue weighted by atomic mass is 10.1. The Morgan fingerprint density at radius 2 is 1.50 bits per heavy atom. The number of unbranched alkanes of at least 4 members (excludes halogenated alkanes) is 9. The number of carboxylic acid groups (broad SMARTS) is 1. The molecule has 0 spiro atoms. The van der Waals surface area contributed by atoms with Gasteiger partial charge in [-0.15, -0.1) is 0 Å². The van der Waals surface area contributed by atoms with Gasteiger partial charge in [0.15, 0.2) is 0 Å². The minimum absolute atomic E-state index is 0.0443. The van der Waals surface area contributed by atoms with Gasteiger partial charge in [-0.1, -0.05) is 70.8 Å². The normalized spacial score (nSPS) is 10.5. The van der Waals surface area contributed by atoms with Crippen molar-refractivity contribution in [1.29, 1.82) is 0 Å². The average molecular weight is 333 g/mol. The van der Waals surface area contributed by atoms with Crippen molar-refractivity contribution in [2.45, 2.75) is 77.6 Å². The predicted octanol–water partition coefficient (Wildman–Crippen LogP) is 5.63. The summed E-state index contributed by atoms with van der Waals surface area (Å²) < 4.78 is 0. The number of nitrogens with one attached hydrogen (secondary N) is 1. The molecule has 0 atom stereocenters. The summed E-state index contributed by atoms with van der Waals surface area (Å²) in [6.45, 7) is 2.24. The number of carbonyl (C=O) groups is 2. The second kappa shape index (κ2) is 12.6. The summed E-state index contributed by atoms with van der Waals surface area (Å²) in [5.41, 5.74) is 0.735. The van der Waals surface area contributed by atoms with Gasteiger partial charge in [-0.2, -0.15) is 0 Å². The fraction of sp³-hybridized carbons (Fsp3) is 0.600. The van der Waals surface area contributed by atoms with Crippen LogP contribution in [0.15, 0.2) is 24.3 Å². The maximum absolute atomic E-state index is 11.9. The third kappa shape index (κ3) is 9.33. The van der Waals surface area contributed by atoms with Crippen molar-refractivity contribution in [3.05, 3.63) is 29.8 Å². The van der Waals surface area contributed by atoms with Crippen LogP contribution >= 0.6 is 0 Å². The van der Waals surface area contributed by atoms with E-state index < -0.39 is 5.97 Å². The molecule has 0 heterocycles. The van der Waals surface area contributed by atoms with E-state index in [-0.39, 0.29) is 11.5 Å². The fourth-order valence-corrected chi connectivity index (χ4v) is 2.73. The van der Waals surface area contributed by atoms with Gasteiger partial charge in [0, 0.05) is 12.1 Å². The van der Waals surface area contributed by atoms with Crippen LogP contribution in [0.25, 0.3) is 0 Å². The van der Waals surface area contributed by atoms with Crippen molar-refractivity contribution >= 4 is 17.6 Å². The van der Waals surface area contributed by atoms with Crippen LogP contribution in [0.2, 0.25) is 0 Å². The maximum atomic E-state index is 11.9. The van der Waals surface area contributed by atoms with Crippen LogP contribution in [0, 0.1) is 0 Å². The Morgan fingerprint density at radius 1 is 0.917 bits per heavy atom. The molecule has 4 nitrogen and oxygen atoms in total. The van der Waals surface area contributed by atoms with Gasteiger partial charge in [0.05, 0.1) is 5.56 Å². The summed E-state index contributed by atoms with van der Waals surface area (Å²) in [4.78, 5) is 22.8. The van der Waals surface area contributed by atoms with Crippen molar-refractivity contribution < 1.29 is 14.7 Å². The summed E-state index contributed by atoms with van der Waals surface area (Å²) in [5, 5.41) is 11.7. The van der Waals surface area contributed by atoms with Crippen LogP contribution in [0.1, 0.15) is 87.9 Å². The number of carbonyl (C=O) groups excluding carboxylic acids is 1. The maximum Gasteiger partial charge on any atom is 0.335 e. The quantitative estimate of drug-likeness (QED) is 0.459. The molecule has 0 aromatic heterocycles. The number of carboxylic acids is 1. The molecule has 0 saturated carbocycles. The molecule has 24 heavy (non-hydrogen) atoms. The van der Waals surface area contributed by atoms with E-state index in [0.29, 0.717) is 12.1 Å². The van der Waals surface area contributed by atoms with Crippen LogP contribution in [0.5, 0.6) is 0 Å². The largest absolute Gasteiger partial charge is 0.478 e. The van der Waals surface area contributed by atoms with Crippen LogP contribution in [0.3, 0.4) is 0 Å². The van der Waals surface area contributed by atoms with E-state index >= 15 is 0 Å². The molecule has 0 aliphatic rings. The van der Waals surface area contributed by atoms with E-state index in [1.807, 2.05) is 0 Å². The second-order valence-electron chi connectivity index (χ2n) is 6.37. The lowest BCUT2D eigenvalue weighted by molar-refractivity contribution is -0.116. The molecule has 0 fully saturated rings. The van der Waals surface area contributed by atoms with Gasteiger partial charge in [0.1, 0.15) is 0 Å². The Bertz CT molecular complexity index is 499. The molecule has 1 amide bonds. The fourth-order valence-electron chi connectivity index (χ4n) is 2.73. The highest BCUT2D eigenvalue weighted by atomic mass is 16.4. The predicted molar refractivity (Wildman–Crippen MR) is 98.5 cm³/mol. The molecule has 134 valence electrons. The summed E-state index contributed by atoms with van der Waals surface area (Å²) in [6.07, 6.45) is 12.9. The molecule has 0 aliphatic carbocycles. The number of hydrogen-bond acceptors (Lipinski definition) is 2. The van der Waals surface area contributed by atoms with Crippen LogP contribution in [-0.2, 0) is 4.79 Å². The third-order valence-electron chi connectivity index (χ3n) is 4.15. The minimum Gasteiger partial charge on any atom is -0.478 e. The van der Waals surface area contributed by atoms with Crippen LogP contribution in [0.4, 0.5) is 5.69 Å². The Labute approximate surface area is 145 Å². The highest BCUT2D eigenvalue weighted by Gasteiger charge is 2.06. The second-order valence-corrected chi connectivity index (χ2v) is 6.37. The first kappa shape index (κ1) is 20.2. The van der Waals surface area contributed by atoms with E-state index in [9.17, 15) is 9.59 Å². The molecule has 4 heteroatoms. The smallest absolute Gasteiger partial charge is 0.335 e. The van der Waals surface area contributed by atoms with Crippen molar-refractivity contribution in [3.63, 3.8) is 0 Å². The van der Waals surface area contributed by atoms with Gasteiger partial charge in [0.2, 0.25) is 5.91 Å². The molecule has 2 N–H and O–H groups in total. The zero-order chi connectivity index (χ0) is 17.6. The van der Waals surface area contributed by atoms with Gasteiger partial charge in [-0.05, 0) is 24.6 Å². The molecule has 0 radical (unpaired) electrons. The number of aromatic carboxylic acids is 1. The first-order valence-corrected chi connectivity index (χ1v) is 9.26. The van der Waals surface area contributed by atoms with Gasteiger partial charge >= 0.3 is 5.97 Å². The molecular weight excluding hydrogens is 302 g/mol. The molecule has 0 saturated heterocycles. The SMILES string of the molecule is CCCCCCCCCCCCC(=O)Nc1cccc(C(=O)O)c1. The topological polar surface area (TPSA) is 66.4 Å². The summed E-state index contributed by atoms with van der Waals surface area (Å²) in [7, 11) is 0. The average Bonchev–Trinajstić information content (AvgIpc) is 2.56. The van der Waals surface area contributed by atoms with E-state index in [2.05, 4.69) is 12.2 Å². The van der Waals surface area contributed by atoms with Crippen molar-refractivity contribution in [2.75, 3.05) is 5.32 Å².